The molecule has 1 amide bonds. The number of anilines is 1. The van der Waals surface area contributed by atoms with Crippen LogP contribution >= 0.6 is 27.3 Å². The van der Waals surface area contributed by atoms with Crippen molar-refractivity contribution in [2.75, 3.05) is 18.0 Å². The van der Waals surface area contributed by atoms with Crippen LogP contribution < -0.4 is 10.2 Å². The number of carbonyl (C=O) groups excluding carboxylic acids is 1. The van der Waals surface area contributed by atoms with E-state index in [4.69, 9.17) is 0 Å². The third-order valence-electron chi connectivity index (χ3n) is 3.66. The zero-order chi connectivity index (χ0) is 14.7. The minimum atomic E-state index is -0.0338. The molecule has 1 aliphatic rings. The molecule has 0 bridgehead atoms. The van der Waals surface area contributed by atoms with Gasteiger partial charge in [0, 0.05) is 35.2 Å². The quantitative estimate of drug-likeness (QED) is 0.903. The van der Waals surface area contributed by atoms with E-state index in [9.17, 15) is 4.79 Å². The summed E-state index contributed by atoms with van der Waals surface area (Å²) in [5.74, 6) is -0.0338. The second-order valence-corrected chi connectivity index (χ2v) is 6.72. The topological polar surface area (TPSA) is 45.2 Å². The standard InChI is InChI=1S/C15H16BrN3OS/c16-13-6-2-1-5-12(13)14(20)18-10-11-4-3-8-19(11)15-17-7-9-21-15/h1-2,5-7,9,11H,3-4,8,10H2,(H,18,20). The Morgan fingerprint density at radius 2 is 2.33 bits per heavy atom. The predicted molar refractivity (Wildman–Crippen MR) is 89.0 cm³/mol. The number of hydrogen-bond acceptors (Lipinski definition) is 4. The van der Waals surface area contributed by atoms with Crippen LogP contribution in [0.3, 0.4) is 0 Å². The van der Waals surface area contributed by atoms with E-state index in [0.717, 1.165) is 29.0 Å². The molecule has 2 aromatic rings. The van der Waals surface area contributed by atoms with Crippen LogP contribution in [0, 0.1) is 0 Å². The lowest BCUT2D eigenvalue weighted by atomic mass is 10.2. The van der Waals surface area contributed by atoms with E-state index < -0.39 is 0 Å². The van der Waals surface area contributed by atoms with Crippen LogP contribution in [0.15, 0.2) is 40.3 Å². The Balaban J connectivity index is 1.62. The minimum absolute atomic E-state index is 0.0338. The molecule has 1 aromatic carbocycles. The highest BCUT2D eigenvalue weighted by Gasteiger charge is 2.26. The summed E-state index contributed by atoms with van der Waals surface area (Å²) in [7, 11) is 0. The normalized spacial score (nSPS) is 18.0. The summed E-state index contributed by atoms with van der Waals surface area (Å²) in [6.07, 6.45) is 4.07. The van der Waals surface area contributed by atoms with Gasteiger partial charge in [0.05, 0.1) is 5.56 Å². The Morgan fingerprint density at radius 1 is 1.48 bits per heavy atom. The Labute approximate surface area is 136 Å². The van der Waals surface area contributed by atoms with Crippen LogP contribution in [0.25, 0.3) is 0 Å². The molecular weight excluding hydrogens is 350 g/mol. The molecule has 110 valence electrons. The zero-order valence-corrected chi connectivity index (χ0v) is 13.9. The van der Waals surface area contributed by atoms with E-state index in [2.05, 4.69) is 31.1 Å². The van der Waals surface area contributed by atoms with Gasteiger partial charge in [0.25, 0.3) is 5.91 Å². The van der Waals surface area contributed by atoms with Gasteiger partial charge in [0.1, 0.15) is 0 Å². The Morgan fingerprint density at radius 3 is 3.10 bits per heavy atom. The Kier molecular flexibility index (Phi) is 4.55. The first-order valence-electron chi connectivity index (χ1n) is 6.94. The molecule has 1 saturated heterocycles. The third kappa shape index (κ3) is 3.27. The maximum absolute atomic E-state index is 12.2. The minimum Gasteiger partial charge on any atom is -0.350 e. The van der Waals surface area contributed by atoms with E-state index >= 15 is 0 Å². The lowest BCUT2D eigenvalue weighted by Crippen LogP contribution is -2.40. The monoisotopic (exact) mass is 365 g/mol. The first-order chi connectivity index (χ1) is 10.3. The number of nitrogens with one attached hydrogen (secondary N) is 1. The molecule has 1 fully saturated rings. The fourth-order valence-electron chi connectivity index (χ4n) is 2.61. The van der Waals surface area contributed by atoms with Gasteiger partial charge < -0.3 is 10.2 Å². The highest BCUT2D eigenvalue weighted by Crippen LogP contribution is 2.26. The van der Waals surface area contributed by atoms with Crippen molar-refractivity contribution in [3.05, 3.63) is 45.9 Å². The van der Waals surface area contributed by atoms with E-state index in [1.165, 1.54) is 0 Å². The molecule has 1 aliphatic heterocycles. The lowest BCUT2D eigenvalue weighted by molar-refractivity contribution is 0.0950. The molecule has 0 saturated carbocycles. The number of hydrogen-bond donors (Lipinski definition) is 1. The molecule has 4 nitrogen and oxygen atoms in total. The van der Waals surface area contributed by atoms with Gasteiger partial charge in [-0.25, -0.2) is 4.98 Å². The number of amides is 1. The van der Waals surface area contributed by atoms with Gasteiger partial charge in [0.2, 0.25) is 0 Å². The summed E-state index contributed by atoms with van der Waals surface area (Å²) in [6, 6.07) is 7.82. The molecular formula is C15H16BrN3OS. The van der Waals surface area contributed by atoms with Gasteiger partial charge in [-0.05, 0) is 40.9 Å². The molecule has 2 heterocycles. The number of carbonyl (C=O) groups is 1. The summed E-state index contributed by atoms with van der Waals surface area (Å²) in [5.41, 5.74) is 0.677. The second-order valence-electron chi connectivity index (χ2n) is 4.99. The van der Waals surface area contributed by atoms with Gasteiger partial charge in [-0.15, -0.1) is 11.3 Å². The van der Waals surface area contributed by atoms with Crippen LogP contribution in [-0.2, 0) is 0 Å². The largest absolute Gasteiger partial charge is 0.350 e. The Bertz CT molecular complexity index is 617. The first-order valence-corrected chi connectivity index (χ1v) is 8.62. The van der Waals surface area contributed by atoms with Crippen LogP contribution in [0.4, 0.5) is 5.13 Å². The molecule has 0 radical (unpaired) electrons. The van der Waals surface area contributed by atoms with Gasteiger partial charge in [-0.3, -0.25) is 4.79 Å². The highest BCUT2D eigenvalue weighted by atomic mass is 79.9. The van der Waals surface area contributed by atoms with Crippen LogP contribution in [-0.4, -0.2) is 30.0 Å². The maximum Gasteiger partial charge on any atom is 0.252 e. The number of nitrogens with zero attached hydrogens (tertiary/aromatic N) is 2. The van der Waals surface area contributed by atoms with Gasteiger partial charge in [-0.1, -0.05) is 12.1 Å². The Hall–Kier alpha value is -1.40. The summed E-state index contributed by atoms with van der Waals surface area (Å²) in [6.45, 7) is 1.67. The first kappa shape index (κ1) is 14.5. The molecule has 0 aliphatic carbocycles. The zero-order valence-electron chi connectivity index (χ0n) is 11.5. The predicted octanol–water partition coefficient (Wildman–Crippen LogP) is 3.30. The molecule has 1 unspecified atom stereocenters. The molecule has 1 N–H and O–H groups in total. The van der Waals surface area contributed by atoms with E-state index in [1.54, 1.807) is 11.3 Å². The van der Waals surface area contributed by atoms with E-state index in [-0.39, 0.29) is 5.91 Å². The average molecular weight is 366 g/mol. The smallest absolute Gasteiger partial charge is 0.252 e. The van der Waals surface area contributed by atoms with E-state index in [0.29, 0.717) is 18.2 Å². The third-order valence-corrected chi connectivity index (χ3v) is 5.16. The molecule has 3 rings (SSSR count). The second kappa shape index (κ2) is 6.58. The fraction of sp³-hybridized carbons (Fsp3) is 0.333. The lowest BCUT2D eigenvalue weighted by Gasteiger charge is -2.24. The summed E-state index contributed by atoms with van der Waals surface area (Å²) in [5, 5.41) is 6.08. The van der Waals surface area contributed by atoms with Crippen molar-refractivity contribution >= 4 is 38.3 Å². The van der Waals surface area contributed by atoms with Crippen molar-refractivity contribution in [1.29, 1.82) is 0 Å². The van der Waals surface area contributed by atoms with Crippen molar-refractivity contribution in [1.82, 2.24) is 10.3 Å². The van der Waals surface area contributed by atoms with Gasteiger partial charge in [-0.2, -0.15) is 0 Å². The fourth-order valence-corrected chi connectivity index (χ4v) is 3.81. The molecule has 1 atom stereocenters. The van der Waals surface area contributed by atoms with Crippen molar-refractivity contribution in [2.45, 2.75) is 18.9 Å². The number of aromatic nitrogens is 1. The molecule has 0 spiro atoms. The molecule has 21 heavy (non-hydrogen) atoms. The van der Waals surface area contributed by atoms with Crippen molar-refractivity contribution in [3.63, 3.8) is 0 Å². The van der Waals surface area contributed by atoms with Crippen LogP contribution in [0.5, 0.6) is 0 Å². The van der Waals surface area contributed by atoms with Crippen molar-refractivity contribution in [2.24, 2.45) is 0 Å². The maximum atomic E-state index is 12.2. The molecule has 1 aromatic heterocycles. The van der Waals surface area contributed by atoms with Gasteiger partial charge >= 0.3 is 0 Å². The number of rotatable bonds is 4. The highest BCUT2D eigenvalue weighted by molar-refractivity contribution is 9.10. The van der Waals surface area contributed by atoms with Crippen LogP contribution in [0.1, 0.15) is 23.2 Å². The number of halogens is 1. The van der Waals surface area contributed by atoms with Gasteiger partial charge in [0.15, 0.2) is 5.13 Å². The summed E-state index contributed by atoms with van der Waals surface area (Å²) < 4.78 is 0.825. The average Bonchev–Trinajstić information content (AvgIpc) is 3.16. The summed E-state index contributed by atoms with van der Waals surface area (Å²) >= 11 is 5.07. The number of benzene rings is 1. The SMILES string of the molecule is O=C(NCC1CCCN1c1nccs1)c1ccccc1Br. The molecule has 6 heteroatoms. The number of thiazole rings is 1. The van der Waals surface area contributed by atoms with Crippen molar-refractivity contribution in [3.8, 4) is 0 Å². The van der Waals surface area contributed by atoms with E-state index in [1.807, 2.05) is 35.8 Å². The summed E-state index contributed by atoms with van der Waals surface area (Å²) in [4.78, 5) is 18.9. The van der Waals surface area contributed by atoms with Crippen molar-refractivity contribution < 1.29 is 4.79 Å². The van der Waals surface area contributed by atoms with Crippen LogP contribution in [0.2, 0.25) is 0 Å².